The summed E-state index contributed by atoms with van der Waals surface area (Å²) in [5.41, 5.74) is 0. The topological polar surface area (TPSA) is 127 Å². The molecule has 0 fully saturated rings. The van der Waals surface area contributed by atoms with Crippen LogP contribution in [0.5, 0.6) is 0 Å². The lowest BCUT2D eigenvalue weighted by Crippen LogP contribution is -2.46. The van der Waals surface area contributed by atoms with Gasteiger partial charge in [0.2, 0.25) is 0 Å². The predicted octanol–water partition coefficient (Wildman–Crippen LogP) is 3.96. The second-order valence-electron chi connectivity index (χ2n) is 6.17. The Kier molecular flexibility index (Phi) is 15.1. The summed E-state index contributed by atoms with van der Waals surface area (Å²) in [4.78, 5) is 37.4. The lowest BCUT2D eigenvalue weighted by Gasteiger charge is -2.37. The number of amides is 1. The van der Waals surface area contributed by atoms with Crippen molar-refractivity contribution in [2.24, 2.45) is 0 Å². The smallest absolute Gasteiger partial charge is 0.397 e. The molecular weight excluding hydrogens is 574 g/mol. The van der Waals surface area contributed by atoms with Crippen molar-refractivity contribution < 1.29 is 36.8 Å². The first-order chi connectivity index (χ1) is 15.7. The number of sulfonamides is 1. The van der Waals surface area contributed by atoms with Crippen LogP contribution in [0.3, 0.4) is 0 Å². The number of halogens is 3. The molecule has 0 N–H and O–H groups in total. The van der Waals surface area contributed by atoms with Crippen molar-refractivity contribution in [3.8, 4) is 11.8 Å². The van der Waals surface area contributed by atoms with Gasteiger partial charge in [-0.2, -0.15) is 0 Å². The Morgan fingerprint density at radius 1 is 1.06 bits per heavy atom. The molecule has 34 heavy (non-hydrogen) atoms. The van der Waals surface area contributed by atoms with E-state index in [1.54, 1.807) is 6.92 Å². The van der Waals surface area contributed by atoms with E-state index in [0.29, 0.717) is 28.9 Å². The highest BCUT2D eigenvalue weighted by molar-refractivity contribution is 8.57. The van der Waals surface area contributed by atoms with Crippen molar-refractivity contribution in [2.45, 2.75) is 50.1 Å². The summed E-state index contributed by atoms with van der Waals surface area (Å²) >= 11 is 17.4. The fraction of sp³-hybridized carbons (Fsp3) is 0.722. The minimum absolute atomic E-state index is 0.0808. The van der Waals surface area contributed by atoms with E-state index in [9.17, 15) is 27.4 Å². The zero-order valence-corrected chi connectivity index (χ0v) is 24.0. The van der Waals surface area contributed by atoms with E-state index in [2.05, 4.69) is 11.8 Å². The SMILES string of the molecule is CCC#CCCOC(=O)C(=O)N(CC)P(=O)(SCCC)N(CC(=O)OCC)S(=O)(=O)C(Cl)(Cl)Cl. The number of hydrogen-bond donors (Lipinski definition) is 0. The molecule has 0 aromatic carbocycles. The molecule has 0 rings (SSSR count). The Labute approximate surface area is 219 Å². The van der Waals surface area contributed by atoms with Crippen LogP contribution in [0, 0.1) is 11.8 Å². The third kappa shape index (κ3) is 9.41. The van der Waals surface area contributed by atoms with Crippen LogP contribution in [-0.2, 0) is 38.4 Å². The van der Waals surface area contributed by atoms with Crippen LogP contribution < -0.4 is 0 Å². The number of carbonyl (C=O) groups excluding carboxylic acids is 3. The second kappa shape index (κ2) is 15.4. The summed E-state index contributed by atoms with van der Waals surface area (Å²) in [6.07, 6.45) is 1.17. The highest BCUT2D eigenvalue weighted by Crippen LogP contribution is 2.67. The normalized spacial score (nSPS) is 13.4. The molecule has 0 bridgehead atoms. The molecule has 0 saturated heterocycles. The number of rotatable bonds is 12. The van der Waals surface area contributed by atoms with Gasteiger partial charge in [-0.1, -0.05) is 66.0 Å². The van der Waals surface area contributed by atoms with E-state index in [1.165, 1.54) is 13.8 Å². The molecule has 1 atom stereocenters. The fourth-order valence-corrected chi connectivity index (χ4v) is 11.6. The average Bonchev–Trinajstić information content (AvgIpc) is 2.75. The van der Waals surface area contributed by atoms with Crippen LogP contribution in [0.2, 0.25) is 0 Å². The zero-order valence-electron chi connectivity index (χ0n) is 19.2. The molecule has 0 aliphatic rings. The third-order valence-electron chi connectivity index (χ3n) is 3.66. The molecule has 0 aliphatic carbocycles. The summed E-state index contributed by atoms with van der Waals surface area (Å²) in [6, 6.07) is 0. The van der Waals surface area contributed by atoms with Gasteiger partial charge in [0.05, 0.1) is 6.61 Å². The van der Waals surface area contributed by atoms with Crippen LogP contribution >= 0.6 is 52.8 Å². The molecule has 0 saturated carbocycles. The van der Waals surface area contributed by atoms with Crippen molar-refractivity contribution in [1.29, 1.82) is 0 Å². The number of ether oxygens (including phenoxy) is 2. The van der Waals surface area contributed by atoms with E-state index >= 15 is 0 Å². The molecule has 0 heterocycles. The van der Waals surface area contributed by atoms with Crippen LogP contribution in [-0.4, -0.2) is 70.2 Å². The first kappa shape index (κ1) is 33.3. The summed E-state index contributed by atoms with van der Waals surface area (Å²) < 4.78 is 47.6. The number of alkyl halides is 3. The Hall–Kier alpha value is -0.670. The average molecular weight is 602 g/mol. The van der Waals surface area contributed by atoms with Crippen LogP contribution in [0.1, 0.15) is 47.0 Å². The fourth-order valence-electron chi connectivity index (χ4n) is 2.22. The van der Waals surface area contributed by atoms with Crippen molar-refractivity contribution in [3.63, 3.8) is 0 Å². The van der Waals surface area contributed by atoms with Crippen LogP contribution in [0.25, 0.3) is 0 Å². The molecule has 1 amide bonds. The summed E-state index contributed by atoms with van der Waals surface area (Å²) in [5.74, 6) is 1.72. The van der Waals surface area contributed by atoms with Gasteiger partial charge in [0.1, 0.15) is 13.2 Å². The maximum absolute atomic E-state index is 14.2. The lowest BCUT2D eigenvalue weighted by molar-refractivity contribution is -0.157. The molecule has 0 radical (unpaired) electrons. The second-order valence-corrected chi connectivity index (χ2v) is 16.2. The summed E-state index contributed by atoms with van der Waals surface area (Å²) in [5, 5.41) is 0. The first-order valence-corrected chi connectivity index (χ1v) is 16.0. The van der Waals surface area contributed by atoms with Gasteiger partial charge in [-0.15, -0.1) is 10.00 Å². The zero-order chi connectivity index (χ0) is 26.6. The molecular formula is C18H28Cl3N2O8PS2. The third-order valence-corrected chi connectivity index (χ3v) is 13.8. The van der Waals surface area contributed by atoms with Crippen LogP contribution in [0.4, 0.5) is 0 Å². The van der Waals surface area contributed by atoms with Crippen molar-refractivity contribution in [1.82, 2.24) is 8.75 Å². The molecule has 196 valence electrons. The molecule has 1 unspecified atom stereocenters. The number of likely N-dealkylation sites (N-methyl/N-ethyl adjacent to an activating group) is 1. The maximum Gasteiger partial charge on any atom is 0.397 e. The Morgan fingerprint density at radius 3 is 2.15 bits per heavy atom. The highest BCUT2D eigenvalue weighted by Gasteiger charge is 2.55. The van der Waals surface area contributed by atoms with Crippen molar-refractivity contribution in [2.75, 3.05) is 32.1 Å². The van der Waals surface area contributed by atoms with Gasteiger partial charge in [0.15, 0.2) is 0 Å². The maximum atomic E-state index is 14.2. The largest absolute Gasteiger partial charge is 0.465 e. The van der Waals surface area contributed by atoms with E-state index in [1.807, 2.05) is 6.92 Å². The highest BCUT2D eigenvalue weighted by atomic mass is 35.6. The van der Waals surface area contributed by atoms with E-state index in [4.69, 9.17) is 44.3 Å². The van der Waals surface area contributed by atoms with Gasteiger partial charge in [-0.25, -0.2) is 13.2 Å². The minimum atomic E-state index is -5.10. The quantitative estimate of drug-likeness (QED) is 0.0815. The Bertz CT molecular complexity index is 932. The lowest BCUT2D eigenvalue weighted by atomic mass is 10.4. The number of hydrogen-bond acceptors (Lipinski definition) is 9. The summed E-state index contributed by atoms with van der Waals surface area (Å²) in [6.45, 7) is -0.0980. The standard InChI is InChI=1S/C18H28Cl3N2O8PS2/c1-5-9-10-11-12-31-17(26)16(25)22(7-3)32(27,33-13-6-2)23(14-15(24)30-8-4)34(28,29)18(19,20)21/h5-8,11-14H2,1-4H3. The van der Waals surface area contributed by atoms with Gasteiger partial charge in [0, 0.05) is 25.1 Å². The van der Waals surface area contributed by atoms with E-state index in [-0.39, 0.29) is 36.0 Å². The molecule has 0 aromatic rings. The van der Waals surface area contributed by atoms with Gasteiger partial charge >= 0.3 is 27.6 Å². The first-order valence-electron chi connectivity index (χ1n) is 10.2. The van der Waals surface area contributed by atoms with Gasteiger partial charge < -0.3 is 9.47 Å². The van der Waals surface area contributed by atoms with Gasteiger partial charge in [0.25, 0.3) is 10.0 Å². The Balaban J connectivity index is 6.42. The molecule has 16 heteroatoms. The van der Waals surface area contributed by atoms with Crippen LogP contribution in [0.15, 0.2) is 0 Å². The van der Waals surface area contributed by atoms with Crippen molar-refractivity contribution >= 4 is 80.7 Å². The van der Waals surface area contributed by atoms with Crippen molar-refractivity contribution in [3.05, 3.63) is 0 Å². The molecule has 0 aromatic heterocycles. The number of carbonyl (C=O) groups is 3. The number of esters is 2. The molecule has 0 aliphatic heterocycles. The minimum Gasteiger partial charge on any atom is -0.465 e. The van der Waals surface area contributed by atoms with Gasteiger partial charge in [-0.3, -0.25) is 18.8 Å². The number of nitrogens with zero attached hydrogens (tertiary/aromatic N) is 2. The van der Waals surface area contributed by atoms with E-state index in [0.717, 1.165) is 0 Å². The van der Waals surface area contributed by atoms with Gasteiger partial charge in [-0.05, 0) is 20.3 Å². The van der Waals surface area contributed by atoms with E-state index < -0.39 is 44.2 Å². The Morgan fingerprint density at radius 2 is 1.68 bits per heavy atom. The monoisotopic (exact) mass is 600 g/mol. The summed E-state index contributed by atoms with van der Waals surface area (Å²) in [7, 11) is -5.10. The predicted molar refractivity (Wildman–Crippen MR) is 134 cm³/mol. The molecule has 10 nitrogen and oxygen atoms in total. The molecule has 0 spiro atoms.